The smallest absolute Gasteiger partial charge is 0.108 e. The van der Waals surface area contributed by atoms with Crippen molar-refractivity contribution in [3.8, 4) is 12.1 Å². The van der Waals surface area contributed by atoms with Crippen molar-refractivity contribution in [2.24, 2.45) is 0 Å². The SMILES string of the molecule is N#CC1=C(C#N)c2cc(Cl)ccc2C(c2ccc(Cl)cc2)S1. The standard InChI is InChI=1S/C17H8Cl2N2S/c18-11-3-1-10(2-4-11)17-13-6-5-12(19)7-14(13)15(8-20)16(9-21)22-17/h1-7,17H. The van der Waals surface area contributed by atoms with Gasteiger partial charge in [0.05, 0.1) is 10.8 Å². The van der Waals surface area contributed by atoms with Crippen LogP contribution in [0.1, 0.15) is 21.9 Å². The van der Waals surface area contributed by atoms with Gasteiger partial charge in [-0.1, -0.05) is 41.4 Å². The number of thioether (sulfide) groups is 1. The summed E-state index contributed by atoms with van der Waals surface area (Å²) in [7, 11) is 0. The molecule has 106 valence electrons. The predicted octanol–water partition coefficient (Wildman–Crippen LogP) is 5.59. The molecule has 1 unspecified atom stereocenters. The summed E-state index contributed by atoms with van der Waals surface area (Å²) in [4.78, 5) is 0.414. The molecule has 0 N–H and O–H groups in total. The van der Waals surface area contributed by atoms with Crippen LogP contribution < -0.4 is 0 Å². The lowest BCUT2D eigenvalue weighted by Crippen LogP contribution is -2.07. The summed E-state index contributed by atoms with van der Waals surface area (Å²) in [6.45, 7) is 0. The van der Waals surface area contributed by atoms with Crippen molar-refractivity contribution in [1.82, 2.24) is 0 Å². The van der Waals surface area contributed by atoms with E-state index in [9.17, 15) is 10.5 Å². The van der Waals surface area contributed by atoms with Crippen molar-refractivity contribution in [2.45, 2.75) is 5.25 Å². The Kier molecular flexibility index (Phi) is 4.14. The summed E-state index contributed by atoms with van der Waals surface area (Å²) in [5, 5.41) is 19.9. The largest absolute Gasteiger partial charge is 0.192 e. The minimum Gasteiger partial charge on any atom is -0.192 e. The number of hydrogen-bond acceptors (Lipinski definition) is 3. The number of benzene rings is 2. The van der Waals surface area contributed by atoms with E-state index in [0.29, 0.717) is 20.5 Å². The van der Waals surface area contributed by atoms with Gasteiger partial charge in [0, 0.05) is 15.6 Å². The van der Waals surface area contributed by atoms with E-state index in [4.69, 9.17) is 23.2 Å². The monoisotopic (exact) mass is 342 g/mol. The first-order chi connectivity index (χ1) is 10.6. The van der Waals surface area contributed by atoms with E-state index in [1.807, 2.05) is 30.3 Å². The van der Waals surface area contributed by atoms with Gasteiger partial charge in [-0.05, 0) is 35.4 Å². The van der Waals surface area contributed by atoms with E-state index in [2.05, 4.69) is 12.1 Å². The highest BCUT2D eigenvalue weighted by molar-refractivity contribution is 8.04. The van der Waals surface area contributed by atoms with Gasteiger partial charge < -0.3 is 0 Å². The average molecular weight is 343 g/mol. The Balaban J connectivity index is 2.21. The van der Waals surface area contributed by atoms with Crippen molar-refractivity contribution in [1.29, 1.82) is 10.5 Å². The number of halogens is 2. The highest BCUT2D eigenvalue weighted by atomic mass is 35.5. The molecule has 0 bridgehead atoms. The molecule has 3 rings (SSSR count). The van der Waals surface area contributed by atoms with E-state index in [1.165, 1.54) is 11.8 Å². The second-order valence-corrected chi connectivity index (χ2v) is 6.70. The number of allylic oxidation sites excluding steroid dienone is 2. The fraction of sp³-hybridized carbons (Fsp3) is 0.0588. The zero-order chi connectivity index (χ0) is 15.7. The molecule has 1 aliphatic heterocycles. The van der Waals surface area contributed by atoms with Crippen LogP contribution in [0.3, 0.4) is 0 Å². The third-order valence-corrected chi connectivity index (χ3v) is 5.20. The van der Waals surface area contributed by atoms with Crippen molar-refractivity contribution < 1.29 is 0 Å². The van der Waals surface area contributed by atoms with Crippen LogP contribution in [0.2, 0.25) is 10.0 Å². The normalized spacial score (nSPS) is 16.6. The fourth-order valence-corrected chi connectivity index (χ4v) is 3.90. The van der Waals surface area contributed by atoms with E-state index < -0.39 is 0 Å². The average Bonchev–Trinajstić information content (AvgIpc) is 2.53. The van der Waals surface area contributed by atoms with E-state index in [0.717, 1.165) is 16.7 Å². The van der Waals surface area contributed by atoms with Gasteiger partial charge in [-0.2, -0.15) is 10.5 Å². The van der Waals surface area contributed by atoms with Gasteiger partial charge in [0.15, 0.2) is 0 Å². The Hall–Kier alpha value is -1.91. The highest BCUT2D eigenvalue weighted by Crippen LogP contribution is 2.49. The summed E-state index contributed by atoms with van der Waals surface area (Å²) in [6.07, 6.45) is 0. The molecule has 0 amide bonds. The van der Waals surface area contributed by atoms with Crippen molar-refractivity contribution in [2.75, 3.05) is 0 Å². The molecule has 1 atom stereocenters. The molecule has 1 aliphatic rings. The zero-order valence-corrected chi connectivity index (χ0v) is 13.5. The van der Waals surface area contributed by atoms with Gasteiger partial charge in [0.25, 0.3) is 0 Å². The molecule has 0 aliphatic carbocycles. The molecule has 2 aromatic rings. The quantitative estimate of drug-likeness (QED) is 0.678. The van der Waals surface area contributed by atoms with Crippen LogP contribution >= 0.6 is 35.0 Å². The molecule has 22 heavy (non-hydrogen) atoms. The Morgan fingerprint density at radius 2 is 1.59 bits per heavy atom. The third kappa shape index (κ3) is 2.60. The second-order valence-electron chi connectivity index (χ2n) is 4.71. The Labute approximate surface area is 142 Å². The molecule has 0 aromatic heterocycles. The van der Waals surface area contributed by atoms with E-state index >= 15 is 0 Å². The van der Waals surface area contributed by atoms with Gasteiger partial charge in [-0.3, -0.25) is 0 Å². The molecule has 0 saturated heterocycles. The fourth-order valence-electron chi connectivity index (χ4n) is 2.41. The van der Waals surface area contributed by atoms with Gasteiger partial charge in [0.2, 0.25) is 0 Å². The summed E-state index contributed by atoms with van der Waals surface area (Å²) in [6, 6.07) is 17.2. The minimum atomic E-state index is -0.0590. The molecule has 0 radical (unpaired) electrons. The van der Waals surface area contributed by atoms with Crippen molar-refractivity contribution >= 4 is 40.5 Å². The van der Waals surface area contributed by atoms with Crippen molar-refractivity contribution in [3.05, 3.63) is 74.1 Å². The second kappa shape index (κ2) is 6.07. The van der Waals surface area contributed by atoms with Crippen molar-refractivity contribution in [3.63, 3.8) is 0 Å². The van der Waals surface area contributed by atoms with E-state index in [1.54, 1.807) is 12.1 Å². The molecule has 5 heteroatoms. The van der Waals surface area contributed by atoms with Crippen LogP contribution in [-0.2, 0) is 0 Å². The van der Waals surface area contributed by atoms with Crippen LogP contribution in [0.4, 0.5) is 0 Å². The first-order valence-electron chi connectivity index (χ1n) is 6.40. The third-order valence-electron chi connectivity index (χ3n) is 3.42. The Morgan fingerprint density at radius 3 is 2.23 bits per heavy atom. The maximum absolute atomic E-state index is 9.39. The summed E-state index contributed by atoms with van der Waals surface area (Å²) >= 11 is 13.4. The Morgan fingerprint density at radius 1 is 0.909 bits per heavy atom. The number of nitrogens with zero attached hydrogens (tertiary/aromatic N) is 2. The van der Waals surface area contributed by atoms with Gasteiger partial charge >= 0.3 is 0 Å². The number of nitriles is 2. The highest BCUT2D eigenvalue weighted by Gasteiger charge is 2.29. The molecule has 0 fully saturated rings. The maximum Gasteiger partial charge on any atom is 0.108 e. The maximum atomic E-state index is 9.39. The van der Waals surface area contributed by atoms with Gasteiger partial charge in [-0.25, -0.2) is 0 Å². The number of rotatable bonds is 1. The summed E-state index contributed by atoms with van der Waals surface area (Å²) in [5.41, 5.74) is 3.12. The number of fused-ring (bicyclic) bond motifs is 1. The summed E-state index contributed by atoms with van der Waals surface area (Å²) < 4.78 is 0. The van der Waals surface area contributed by atoms with E-state index in [-0.39, 0.29) is 5.25 Å². The molecule has 0 saturated carbocycles. The molecular weight excluding hydrogens is 335 g/mol. The van der Waals surface area contributed by atoms with Crippen LogP contribution in [0, 0.1) is 22.7 Å². The van der Waals surface area contributed by atoms with Crippen LogP contribution in [-0.4, -0.2) is 0 Å². The van der Waals surface area contributed by atoms with Crippen LogP contribution in [0.5, 0.6) is 0 Å². The zero-order valence-electron chi connectivity index (χ0n) is 11.2. The van der Waals surface area contributed by atoms with Gasteiger partial charge in [0.1, 0.15) is 17.0 Å². The first kappa shape index (κ1) is 15.0. The molecular formula is C17H8Cl2N2S. The lowest BCUT2D eigenvalue weighted by atomic mass is 9.94. The van der Waals surface area contributed by atoms with Crippen LogP contribution in [0.25, 0.3) is 5.57 Å². The summed E-state index contributed by atoms with van der Waals surface area (Å²) in [5.74, 6) is 0. The molecule has 2 aromatic carbocycles. The van der Waals surface area contributed by atoms with Crippen LogP contribution in [0.15, 0.2) is 47.4 Å². The number of hydrogen-bond donors (Lipinski definition) is 0. The molecule has 2 nitrogen and oxygen atoms in total. The molecule has 1 heterocycles. The minimum absolute atomic E-state index is 0.0590. The van der Waals surface area contributed by atoms with Gasteiger partial charge in [-0.15, -0.1) is 11.8 Å². The Bertz CT molecular complexity index is 858. The lowest BCUT2D eigenvalue weighted by molar-refractivity contribution is 1.14. The topological polar surface area (TPSA) is 47.6 Å². The first-order valence-corrected chi connectivity index (χ1v) is 8.04. The lowest BCUT2D eigenvalue weighted by Gasteiger charge is -2.25. The predicted molar refractivity (Wildman–Crippen MR) is 90.5 cm³/mol. The molecule has 0 spiro atoms.